The summed E-state index contributed by atoms with van der Waals surface area (Å²) in [7, 11) is 1.84. The number of aromatic nitrogens is 2. The van der Waals surface area contributed by atoms with Crippen LogP contribution in [0.4, 0.5) is 0 Å². The molecule has 1 aliphatic heterocycles. The average Bonchev–Trinajstić information content (AvgIpc) is 2.99. The van der Waals surface area contributed by atoms with Crippen molar-refractivity contribution in [2.75, 3.05) is 20.1 Å². The third-order valence-corrected chi connectivity index (χ3v) is 5.81. The molecule has 25 heavy (non-hydrogen) atoms. The molecule has 1 N–H and O–H groups in total. The number of aromatic amines is 1. The van der Waals surface area contributed by atoms with Crippen molar-refractivity contribution < 1.29 is 9.59 Å². The molecule has 4 rings (SSSR count). The van der Waals surface area contributed by atoms with Crippen LogP contribution in [-0.4, -0.2) is 57.8 Å². The lowest BCUT2D eigenvalue weighted by Crippen LogP contribution is -2.62. The lowest BCUT2D eigenvalue weighted by molar-refractivity contribution is -0.146. The number of likely N-dealkylation sites (tertiary alicyclic amines) is 1. The second-order valence-corrected chi connectivity index (χ2v) is 8.04. The maximum Gasteiger partial charge on any atom is 0.227 e. The maximum absolute atomic E-state index is 12.6. The number of carbonyl (C=O) groups excluding carboxylic acids is 2. The van der Waals surface area contributed by atoms with Crippen LogP contribution in [0.25, 0.3) is 11.0 Å². The zero-order valence-corrected chi connectivity index (χ0v) is 15.0. The number of pyridine rings is 1. The van der Waals surface area contributed by atoms with Crippen molar-refractivity contribution in [1.82, 2.24) is 19.8 Å². The first kappa shape index (κ1) is 16.1. The van der Waals surface area contributed by atoms with Crippen molar-refractivity contribution in [3.05, 3.63) is 30.1 Å². The Bertz CT molecular complexity index is 835. The number of likely N-dealkylation sites (N-methyl/N-ethyl adjacent to an activating group) is 1. The first-order chi connectivity index (χ1) is 11.9. The van der Waals surface area contributed by atoms with Gasteiger partial charge in [0.05, 0.1) is 12.5 Å². The maximum atomic E-state index is 12.6. The zero-order valence-electron chi connectivity index (χ0n) is 15.0. The van der Waals surface area contributed by atoms with E-state index in [-0.39, 0.29) is 29.2 Å². The summed E-state index contributed by atoms with van der Waals surface area (Å²) in [6.45, 7) is 5.59. The fraction of sp³-hybridized carbons (Fsp3) is 0.526. The third kappa shape index (κ3) is 2.79. The number of fused-ring (bicyclic) bond motifs is 1. The van der Waals surface area contributed by atoms with Crippen LogP contribution in [-0.2, 0) is 16.0 Å². The SMILES string of the molecule is CN(C(=O)Cc1c[nH]c2ncccc12)C1CN(C(=O)[C@H]2CC2(C)C)C1. The minimum absolute atomic E-state index is 0.0774. The highest BCUT2D eigenvalue weighted by Crippen LogP contribution is 2.52. The van der Waals surface area contributed by atoms with Crippen molar-refractivity contribution >= 4 is 22.8 Å². The van der Waals surface area contributed by atoms with Crippen LogP contribution in [0.1, 0.15) is 25.8 Å². The number of nitrogens with zero attached hydrogens (tertiary/aromatic N) is 3. The van der Waals surface area contributed by atoms with Crippen molar-refractivity contribution in [3.8, 4) is 0 Å². The molecule has 1 aliphatic carbocycles. The van der Waals surface area contributed by atoms with Gasteiger partial charge in [-0.3, -0.25) is 9.59 Å². The molecular weight excluding hydrogens is 316 g/mol. The van der Waals surface area contributed by atoms with Gasteiger partial charge in [0.25, 0.3) is 0 Å². The summed E-state index contributed by atoms with van der Waals surface area (Å²) in [6.07, 6.45) is 4.92. The highest BCUT2D eigenvalue weighted by atomic mass is 16.2. The highest BCUT2D eigenvalue weighted by molar-refractivity contribution is 5.87. The molecule has 6 nitrogen and oxygen atoms in total. The minimum atomic E-state index is 0.0774. The predicted molar refractivity (Wildman–Crippen MR) is 94.8 cm³/mol. The monoisotopic (exact) mass is 340 g/mol. The van der Waals surface area contributed by atoms with Crippen molar-refractivity contribution in [3.63, 3.8) is 0 Å². The Morgan fingerprint density at radius 3 is 2.80 bits per heavy atom. The van der Waals surface area contributed by atoms with Crippen molar-refractivity contribution in [2.45, 2.75) is 32.7 Å². The molecule has 0 bridgehead atoms. The Hall–Kier alpha value is -2.37. The van der Waals surface area contributed by atoms with Gasteiger partial charge in [-0.05, 0) is 29.5 Å². The number of hydrogen-bond acceptors (Lipinski definition) is 3. The number of carbonyl (C=O) groups is 2. The molecule has 2 aromatic rings. The molecule has 1 saturated carbocycles. The van der Waals surface area contributed by atoms with E-state index >= 15 is 0 Å². The summed E-state index contributed by atoms with van der Waals surface area (Å²) in [6, 6.07) is 3.98. The highest BCUT2D eigenvalue weighted by Gasteiger charge is 2.53. The van der Waals surface area contributed by atoms with E-state index in [4.69, 9.17) is 0 Å². The summed E-state index contributed by atoms with van der Waals surface area (Å²) in [4.78, 5) is 36.0. The smallest absolute Gasteiger partial charge is 0.227 e. The standard InChI is InChI=1S/C19H24N4O2/c1-19(2)8-15(19)18(25)23-10-13(11-23)22(3)16(24)7-12-9-21-17-14(12)5-4-6-20-17/h4-6,9,13,15H,7-8,10-11H2,1-3H3,(H,20,21)/t15-/m1/s1. The van der Waals surface area contributed by atoms with E-state index in [9.17, 15) is 9.59 Å². The minimum Gasteiger partial charge on any atom is -0.346 e. The summed E-state index contributed by atoms with van der Waals surface area (Å²) in [5, 5.41) is 0.991. The molecule has 2 fully saturated rings. The Labute approximate surface area is 147 Å². The molecular formula is C19H24N4O2. The van der Waals surface area contributed by atoms with Gasteiger partial charge in [0.2, 0.25) is 11.8 Å². The fourth-order valence-electron chi connectivity index (χ4n) is 3.64. The molecule has 2 aromatic heterocycles. The largest absolute Gasteiger partial charge is 0.346 e. The number of H-pyrrole nitrogens is 1. The number of rotatable bonds is 4. The molecule has 2 amide bonds. The Morgan fingerprint density at radius 2 is 2.12 bits per heavy atom. The molecule has 3 heterocycles. The zero-order chi connectivity index (χ0) is 17.8. The molecule has 1 atom stereocenters. The number of amides is 2. The first-order valence-corrected chi connectivity index (χ1v) is 8.82. The second kappa shape index (κ2) is 5.58. The van der Waals surface area contributed by atoms with Crippen LogP contribution in [0.5, 0.6) is 0 Å². The summed E-state index contributed by atoms with van der Waals surface area (Å²) in [5.74, 6) is 0.506. The van der Waals surface area contributed by atoms with Crippen LogP contribution >= 0.6 is 0 Å². The van der Waals surface area contributed by atoms with Gasteiger partial charge in [-0.1, -0.05) is 13.8 Å². The van der Waals surface area contributed by atoms with Gasteiger partial charge in [-0.25, -0.2) is 4.98 Å². The molecule has 0 aromatic carbocycles. The second-order valence-electron chi connectivity index (χ2n) is 8.04. The average molecular weight is 340 g/mol. The van der Waals surface area contributed by atoms with E-state index in [0.717, 1.165) is 23.0 Å². The van der Waals surface area contributed by atoms with Crippen LogP contribution in [0, 0.1) is 11.3 Å². The Morgan fingerprint density at radius 1 is 1.40 bits per heavy atom. The van der Waals surface area contributed by atoms with E-state index in [2.05, 4.69) is 23.8 Å². The first-order valence-electron chi connectivity index (χ1n) is 8.82. The Balaban J connectivity index is 1.34. The third-order valence-electron chi connectivity index (χ3n) is 5.81. The number of nitrogens with one attached hydrogen (secondary N) is 1. The van der Waals surface area contributed by atoms with Gasteiger partial charge in [0.15, 0.2) is 0 Å². The van der Waals surface area contributed by atoms with Crippen LogP contribution in [0.15, 0.2) is 24.5 Å². The normalized spacial score (nSPS) is 21.9. The summed E-state index contributed by atoms with van der Waals surface area (Å²) < 4.78 is 0. The van der Waals surface area contributed by atoms with Gasteiger partial charge in [-0.2, -0.15) is 0 Å². The number of hydrogen-bond donors (Lipinski definition) is 1. The molecule has 0 unspecified atom stereocenters. The van der Waals surface area contributed by atoms with Gasteiger partial charge >= 0.3 is 0 Å². The predicted octanol–water partition coefficient (Wildman–Crippen LogP) is 1.82. The van der Waals surface area contributed by atoms with Gasteiger partial charge in [-0.15, -0.1) is 0 Å². The molecule has 1 saturated heterocycles. The van der Waals surface area contributed by atoms with E-state index in [0.29, 0.717) is 19.5 Å². The van der Waals surface area contributed by atoms with Gasteiger partial charge in [0, 0.05) is 43.8 Å². The van der Waals surface area contributed by atoms with E-state index in [1.165, 1.54) is 0 Å². The summed E-state index contributed by atoms with van der Waals surface area (Å²) in [5.41, 5.74) is 1.93. The lowest BCUT2D eigenvalue weighted by Gasteiger charge is -2.44. The molecule has 6 heteroatoms. The lowest BCUT2D eigenvalue weighted by atomic mass is 10.0. The molecule has 2 aliphatic rings. The molecule has 132 valence electrons. The van der Waals surface area contributed by atoms with E-state index in [1.807, 2.05) is 30.3 Å². The van der Waals surface area contributed by atoms with Gasteiger partial charge < -0.3 is 14.8 Å². The fourth-order valence-corrected chi connectivity index (χ4v) is 3.64. The van der Waals surface area contributed by atoms with Crippen LogP contribution < -0.4 is 0 Å². The molecule has 0 radical (unpaired) electrons. The van der Waals surface area contributed by atoms with E-state index < -0.39 is 0 Å². The van der Waals surface area contributed by atoms with Crippen LogP contribution in [0.3, 0.4) is 0 Å². The van der Waals surface area contributed by atoms with Crippen LogP contribution in [0.2, 0.25) is 0 Å². The quantitative estimate of drug-likeness (QED) is 0.923. The van der Waals surface area contributed by atoms with Gasteiger partial charge in [0.1, 0.15) is 5.65 Å². The topological polar surface area (TPSA) is 69.3 Å². The van der Waals surface area contributed by atoms with Crippen molar-refractivity contribution in [1.29, 1.82) is 0 Å². The molecule has 0 spiro atoms. The van der Waals surface area contributed by atoms with Crippen molar-refractivity contribution in [2.24, 2.45) is 11.3 Å². The Kier molecular flexibility index (Phi) is 3.60. The summed E-state index contributed by atoms with van der Waals surface area (Å²) >= 11 is 0. The van der Waals surface area contributed by atoms with E-state index in [1.54, 1.807) is 11.1 Å².